The van der Waals surface area contributed by atoms with Crippen LogP contribution in [0, 0.1) is 6.92 Å². The van der Waals surface area contributed by atoms with E-state index in [0.29, 0.717) is 6.42 Å². The van der Waals surface area contributed by atoms with Crippen molar-refractivity contribution in [3.8, 4) is 9.88 Å². The van der Waals surface area contributed by atoms with Gasteiger partial charge in [-0.1, -0.05) is 0 Å². The van der Waals surface area contributed by atoms with Gasteiger partial charge in [0.1, 0.15) is 5.01 Å². The van der Waals surface area contributed by atoms with E-state index < -0.39 is 0 Å². The van der Waals surface area contributed by atoms with Crippen molar-refractivity contribution >= 4 is 44.6 Å². The SMILES string of the molecule is COC(=O)Cc1sc(-c2ccc(Br)s2)nc1C. The average molecular weight is 332 g/mol. The summed E-state index contributed by atoms with van der Waals surface area (Å²) >= 11 is 6.61. The minimum Gasteiger partial charge on any atom is -0.469 e. The molecule has 0 saturated heterocycles. The first kappa shape index (κ1) is 12.7. The third-order valence-electron chi connectivity index (χ3n) is 2.21. The fraction of sp³-hybridized carbons (Fsp3) is 0.273. The third kappa shape index (κ3) is 2.94. The van der Waals surface area contributed by atoms with Gasteiger partial charge in [-0.25, -0.2) is 4.98 Å². The normalized spacial score (nSPS) is 10.5. The molecular weight excluding hydrogens is 322 g/mol. The van der Waals surface area contributed by atoms with E-state index in [1.54, 1.807) is 22.7 Å². The maximum Gasteiger partial charge on any atom is 0.310 e. The summed E-state index contributed by atoms with van der Waals surface area (Å²) in [4.78, 5) is 17.8. The molecule has 0 aliphatic rings. The molecule has 2 rings (SSSR count). The van der Waals surface area contributed by atoms with Gasteiger partial charge in [0.2, 0.25) is 0 Å². The molecule has 2 aromatic rings. The number of carbonyl (C=O) groups excluding carboxylic acids is 1. The number of thiophene rings is 1. The Balaban J connectivity index is 2.27. The van der Waals surface area contributed by atoms with Crippen LogP contribution in [0.1, 0.15) is 10.6 Å². The fourth-order valence-corrected chi connectivity index (χ4v) is 3.82. The zero-order valence-electron chi connectivity index (χ0n) is 9.32. The molecule has 6 heteroatoms. The summed E-state index contributed by atoms with van der Waals surface area (Å²) in [6, 6.07) is 4.02. The summed E-state index contributed by atoms with van der Waals surface area (Å²) in [5.74, 6) is -0.226. The van der Waals surface area contributed by atoms with Crippen LogP contribution in [-0.4, -0.2) is 18.1 Å². The van der Waals surface area contributed by atoms with Gasteiger partial charge in [0.15, 0.2) is 0 Å². The fourth-order valence-electron chi connectivity index (χ4n) is 1.33. The number of aryl methyl sites for hydroxylation is 1. The molecule has 0 aliphatic carbocycles. The van der Waals surface area contributed by atoms with Crippen LogP contribution in [-0.2, 0) is 16.0 Å². The van der Waals surface area contributed by atoms with Crippen LogP contribution in [0.5, 0.6) is 0 Å². The summed E-state index contributed by atoms with van der Waals surface area (Å²) in [5.41, 5.74) is 0.903. The number of aromatic nitrogens is 1. The molecule has 0 radical (unpaired) electrons. The number of rotatable bonds is 3. The van der Waals surface area contributed by atoms with Gasteiger partial charge < -0.3 is 4.74 Å². The molecule has 2 aromatic heterocycles. The molecule has 0 amide bonds. The van der Waals surface area contributed by atoms with Gasteiger partial charge in [-0.05, 0) is 35.0 Å². The highest BCUT2D eigenvalue weighted by molar-refractivity contribution is 9.11. The van der Waals surface area contributed by atoms with Crippen molar-refractivity contribution < 1.29 is 9.53 Å². The first-order valence-corrected chi connectivity index (χ1v) is 7.31. The van der Waals surface area contributed by atoms with Crippen LogP contribution in [0.3, 0.4) is 0 Å². The van der Waals surface area contributed by atoms with Crippen molar-refractivity contribution in [3.05, 3.63) is 26.5 Å². The highest BCUT2D eigenvalue weighted by Crippen LogP contribution is 2.35. The number of carbonyl (C=O) groups is 1. The van der Waals surface area contributed by atoms with Gasteiger partial charge in [-0.3, -0.25) is 4.79 Å². The van der Waals surface area contributed by atoms with Gasteiger partial charge in [0, 0.05) is 4.88 Å². The van der Waals surface area contributed by atoms with Crippen LogP contribution in [0.2, 0.25) is 0 Å². The number of halogens is 1. The molecule has 0 spiro atoms. The number of methoxy groups -OCH3 is 1. The Morgan fingerprint density at radius 2 is 2.24 bits per heavy atom. The minimum atomic E-state index is -0.226. The molecular formula is C11H10BrNO2S2. The number of nitrogens with zero attached hydrogens (tertiary/aromatic N) is 1. The summed E-state index contributed by atoms with van der Waals surface area (Å²) in [5, 5.41) is 0.956. The molecule has 2 heterocycles. The Morgan fingerprint density at radius 1 is 1.47 bits per heavy atom. The summed E-state index contributed by atoms with van der Waals surface area (Å²) < 4.78 is 5.74. The molecule has 0 atom stereocenters. The first-order valence-electron chi connectivity index (χ1n) is 4.89. The number of hydrogen-bond donors (Lipinski definition) is 0. The zero-order valence-corrected chi connectivity index (χ0v) is 12.5. The van der Waals surface area contributed by atoms with E-state index in [0.717, 1.165) is 24.2 Å². The molecule has 0 bridgehead atoms. The predicted octanol–water partition coefficient (Wildman–Crippen LogP) is 3.66. The van der Waals surface area contributed by atoms with Gasteiger partial charge in [-0.2, -0.15) is 0 Å². The predicted molar refractivity (Wildman–Crippen MR) is 73.6 cm³/mol. The number of hydrogen-bond acceptors (Lipinski definition) is 5. The van der Waals surface area contributed by atoms with E-state index in [4.69, 9.17) is 0 Å². The second kappa shape index (κ2) is 5.29. The van der Waals surface area contributed by atoms with Crippen LogP contribution in [0.15, 0.2) is 15.9 Å². The maximum atomic E-state index is 11.2. The van der Waals surface area contributed by atoms with E-state index in [9.17, 15) is 4.79 Å². The van der Waals surface area contributed by atoms with E-state index in [1.807, 2.05) is 19.1 Å². The molecule has 90 valence electrons. The number of ether oxygens (including phenoxy) is 1. The topological polar surface area (TPSA) is 39.2 Å². The second-order valence-electron chi connectivity index (χ2n) is 3.38. The molecule has 0 aliphatic heterocycles. The van der Waals surface area contributed by atoms with Crippen LogP contribution >= 0.6 is 38.6 Å². The average Bonchev–Trinajstić information content (AvgIpc) is 2.86. The smallest absolute Gasteiger partial charge is 0.310 e. The minimum absolute atomic E-state index is 0.226. The van der Waals surface area contributed by atoms with Crippen molar-refractivity contribution in [2.45, 2.75) is 13.3 Å². The second-order valence-corrected chi connectivity index (χ2v) is 6.93. The maximum absolute atomic E-state index is 11.2. The van der Waals surface area contributed by atoms with Gasteiger partial charge >= 0.3 is 5.97 Å². The van der Waals surface area contributed by atoms with Crippen LogP contribution in [0.4, 0.5) is 0 Å². The van der Waals surface area contributed by atoms with Crippen molar-refractivity contribution in [2.75, 3.05) is 7.11 Å². The molecule has 17 heavy (non-hydrogen) atoms. The van der Waals surface area contributed by atoms with Crippen molar-refractivity contribution in [2.24, 2.45) is 0 Å². The lowest BCUT2D eigenvalue weighted by Crippen LogP contribution is -2.03. The van der Waals surface area contributed by atoms with Crippen LogP contribution in [0.25, 0.3) is 9.88 Å². The third-order valence-corrected chi connectivity index (χ3v) is 5.16. The molecule has 0 aromatic carbocycles. The highest BCUT2D eigenvalue weighted by Gasteiger charge is 2.14. The summed E-state index contributed by atoms with van der Waals surface area (Å²) in [6.45, 7) is 1.92. The monoisotopic (exact) mass is 331 g/mol. The van der Waals surface area contributed by atoms with Crippen LogP contribution < -0.4 is 0 Å². The Morgan fingerprint density at radius 3 is 2.82 bits per heavy atom. The Bertz CT molecular complexity index is 547. The lowest BCUT2D eigenvalue weighted by atomic mass is 10.3. The molecule has 0 N–H and O–H groups in total. The number of esters is 1. The van der Waals surface area contributed by atoms with E-state index in [1.165, 1.54) is 7.11 Å². The van der Waals surface area contributed by atoms with Crippen molar-refractivity contribution in [1.29, 1.82) is 0 Å². The van der Waals surface area contributed by atoms with E-state index >= 15 is 0 Å². The van der Waals surface area contributed by atoms with Crippen molar-refractivity contribution in [3.63, 3.8) is 0 Å². The highest BCUT2D eigenvalue weighted by atomic mass is 79.9. The Hall–Kier alpha value is -0.720. The largest absolute Gasteiger partial charge is 0.469 e. The van der Waals surface area contributed by atoms with Gasteiger partial charge in [-0.15, -0.1) is 22.7 Å². The summed E-state index contributed by atoms with van der Waals surface area (Å²) in [7, 11) is 1.40. The molecule has 0 fully saturated rings. The lowest BCUT2D eigenvalue weighted by molar-refractivity contribution is -0.139. The Labute approximate surface area is 116 Å². The first-order chi connectivity index (χ1) is 8.10. The van der Waals surface area contributed by atoms with Gasteiger partial charge in [0.25, 0.3) is 0 Å². The summed E-state index contributed by atoms with van der Waals surface area (Å²) in [6.07, 6.45) is 0.298. The Kier molecular flexibility index (Phi) is 3.96. The molecule has 3 nitrogen and oxygen atoms in total. The quantitative estimate of drug-likeness (QED) is 0.805. The number of thiazole rings is 1. The van der Waals surface area contributed by atoms with Gasteiger partial charge in [0.05, 0.1) is 27.9 Å². The van der Waals surface area contributed by atoms with Crippen molar-refractivity contribution in [1.82, 2.24) is 4.98 Å². The lowest BCUT2D eigenvalue weighted by Gasteiger charge is -1.95. The zero-order chi connectivity index (χ0) is 12.4. The molecule has 0 saturated carbocycles. The molecule has 0 unspecified atom stereocenters. The van der Waals surface area contributed by atoms with E-state index in [2.05, 4.69) is 25.7 Å². The van der Waals surface area contributed by atoms with E-state index in [-0.39, 0.29) is 5.97 Å². The standard InChI is InChI=1S/C11H10BrNO2S2/c1-6-8(5-10(14)15-2)17-11(13-6)7-3-4-9(12)16-7/h3-4H,5H2,1-2H3.